The molecule has 82 valence electrons. The molecule has 0 bridgehead atoms. The molecule has 1 aromatic carbocycles. The van der Waals surface area contributed by atoms with E-state index in [9.17, 15) is 13.8 Å². The molecule has 0 fully saturated rings. The number of carbonyl (C=O) groups excluding carboxylic acids is 2. The molecule has 5 nitrogen and oxygen atoms in total. The summed E-state index contributed by atoms with van der Waals surface area (Å²) in [5.41, 5.74) is 0.0705. The fraction of sp³-hybridized carbons (Fsp3) is 0. The molecule has 0 spiro atoms. The number of ketones is 1. The summed E-state index contributed by atoms with van der Waals surface area (Å²) in [6.45, 7) is 0. The molecule has 0 amide bonds. The second-order valence-corrected chi connectivity index (χ2v) is 4.78. The Bertz CT molecular complexity index is 482. The van der Waals surface area contributed by atoms with Crippen molar-refractivity contribution in [2.24, 2.45) is 0 Å². The topological polar surface area (TPSA) is 80.7 Å². The third-order valence-corrected chi connectivity index (χ3v) is 1.97. The van der Waals surface area contributed by atoms with Crippen LogP contribution >= 0.6 is 0 Å². The first-order valence-corrected chi connectivity index (χ1v) is 6.07. The number of hydrogen-bond donors (Lipinski definition) is 1. The van der Waals surface area contributed by atoms with Gasteiger partial charge in [0.25, 0.3) is 5.78 Å². The normalized spacial score (nSPS) is 13.1. The van der Waals surface area contributed by atoms with Crippen LogP contribution in [0.5, 0.6) is 0 Å². The van der Waals surface area contributed by atoms with Gasteiger partial charge in [-0.15, -0.1) is 0 Å². The predicted molar refractivity (Wildman–Crippen MR) is 62.1 cm³/mol. The molecule has 0 aliphatic rings. The van der Waals surface area contributed by atoms with E-state index in [1.165, 1.54) is 12.1 Å². The second-order valence-electron chi connectivity index (χ2n) is 2.49. The third kappa shape index (κ3) is 5.15. The molecule has 8 heteroatoms. The second kappa shape index (κ2) is 6.43. The van der Waals surface area contributed by atoms with Crippen LogP contribution in [-0.4, -0.2) is 50.1 Å². The molecule has 1 N–H and O–H groups in total. The Morgan fingerprint density at radius 3 is 2.19 bits per heavy atom. The number of benzene rings is 1. The maximum absolute atomic E-state index is 11.3. The molecular formula is C8H7NaO5S2. The molecule has 0 aromatic heterocycles. The van der Waals surface area contributed by atoms with Gasteiger partial charge in [0.15, 0.2) is 0 Å². The Kier molecular flexibility index (Phi) is 6.31. The molecule has 0 saturated heterocycles. The van der Waals surface area contributed by atoms with E-state index in [4.69, 9.17) is 4.55 Å². The van der Waals surface area contributed by atoms with E-state index >= 15 is 0 Å². The van der Waals surface area contributed by atoms with E-state index in [0.717, 1.165) is 0 Å². The summed E-state index contributed by atoms with van der Waals surface area (Å²) in [5.74, 6) is -2.45. The Balaban J connectivity index is 0.00000225. The van der Waals surface area contributed by atoms with Gasteiger partial charge in [0.1, 0.15) is 0 Å². The van der Waals surface area contributed by atoms with Crippen LogP contribution in [0.2, 0.25) is 0 Å². The van der Waals surface area contributed by atoms with E-state index in [1.54, 1.807) is 18.2 Å². The summed E-state index contributed by atoms with van der Waals surface area (Å²) in [4.78, 5) is 22.2. The van der Waals surface area contributed by atoms with Crippen LogP contribution in [0.4, 0.5) is 0 Å². The Morgan fingerprint density at radius 1 is 1.25 bits per heavy atom. The van der Waals surface area contributed by atoms with Crippen LogP contribution in [0.3, 0.4) is 0 Å². The molecule has 0 aliphatic heterocycles. The first kappa shape index (κ1) is 15.7. The molecular weight excluding hydrogens is 263 g/mol. The van der Waals surface area contributed by atoms with Gasteiger partial charge in [0.05, 0.1) is 11.2 Å². The number of carbonyl (C=O) groups is 2. The summed E-state index contributed by atoms with van der Waals surface area (Å²) in [5, 5.41) is 0. The maximum atomic E-state index is 11.3. The molecule has 1 unspecified atom stereocenters. The van der Waals surface area contributed by atoms with Crippen molar-refractivity contribution in [3.63, 3.8) is 0 Å². The molecule has 16 heavy (non-hydrogen) atoms. The average molecular weight is 270 g/mol. The summed E-state index contributed by atoms with van der Waals surface area (Å²) in [6.07, 6.45) is 0. The van der Waals surface area contributed by atoms with Crippen molar-refractivity contribution in [2.75, 3.05) is 0 Å². The van der Waals surface area contributed by atoms with Gasteiger partial charge in [0.2, 0.25) is 0 Å². The van der Waals surface area contributed by atoms with Crippen molar-refractivity contribution < 1.29 is 22.5 Å². The molecule has 1 atom stereocenters. The minimum atomic E-state index is -4.11. The van der Waals surface area contributed by atoms with E-state index in [1.807, 2.05) is 0 Å². The van der Waals surface area contributed by atoms with Crippen molar-refractivity contribution in [1.82, 2.24) is 0 Å². The van der Waals surface area contributed by atoms with E-state index < -0.39 is 20.8 Å². The monoisotopic (exact) mass is 270 g/mol. The fourth-order valence-electron chi connectivity index (χ4n) is 0.841. The Labute approximate surface area is 119 Å². The fourth-order valence-corrected chi connectivity index (χ4v) is 1.29. The molecule has 1 aromatic rings. The standard InChI is InChI=1S/C8H6O5S2.Na.H/c9-7(6-4-2-1-3-5-6)8(10)13-15(11,12)14;;/h1-5H,(H,11,12,14);;. The molecule has 0 heterocycles. The van der Waals surface area contributed by atoms with Gasteiger partial charge in [-0.1, -0.05) is 30.3 Å². The van der Waals surface area contributed by atoms with Crippen LogP contribution in [0.25, 0.3) is 0 Å². The molecule has 0 radical (unpaired) electrons. The van der Waals surface area contributed by atoms with Crippen molar-refractivity contribution in [3.8, 4) is 0 Å². The van der Waals surface area contributed by atoms with Crippen LogP contribution in [0.1, 0.15) is 10.4 Å². The quantitative estimate of drug-likeness (QED) is 0.469. The van der Waals surface area contributed by atoms with Crippen molar-refractivity contribution in [1.29, 1.82) is 0 Å². The predicted octanol–water partition coefficient (Wildman–Crippen LogP) is -0.102. The van der Waals surface area contributed by atoms with Crippen molar-refractivity contribution in [2.45, 2.75) is 0 Å². The van der Waals surface area contributed by atoms with Gasteiger partial charge in [-0.2, -0.15) is 4.21 Å². The van der Waals surface area contributed by atoms with Crippen LogP contribution in [-0.2, 0) is 29.2 Å². The van der Waals surface area contributed by atoms with Crippen molar-refractivity contribution >= 4 is 61.6 Å². The summed E-state index contributed by atoms with van der Waals surface area (Å²) in [6, 6.07) is 7.51. The van der Waals surface area contributed by atoms with Crippen molar-refractivity contribution in [3.05, 3.63) is 35.9 Å². The van der Waals surface area contributed by atoms with E-state index in [-0.39, 0.29) is 35.1 Å². The van der Waals surface area contributed by atoms with Crippen LogP contribution in [0.15, 0.2) is 30.3 Å². The summed E-state index contributed by atoms with van der Waals surface area (Å²) in [7, 11) is -4.11. The SMILES string of the molecule is O=C(OS(=O)(O)=S)C(=O)c1ccccc1.[NaH]. The first-order valence-electron chi connectivity index (χ1n) is 3.71. The van der Waals surface area contributed by atoms with Gasteiger partial charge < -0.3 is 4.18 Å². The zero-order chi connectivity index (χ0) is 11.5. The Hall–Kier alpha value is -0.310. The third-order valence-electron chi connectivity index (χ3n) is 1.40. The van der Waals surface area contributed by atoms with Gasteiger partial charge in [-0.05, 0) is 0 Å². The molecule has 0 saturated carbocycles. The zero-order valence-electron chi connectivity index (χ0n) is 7.28. The zero-order valence-corrected chi connectivity index (χ0v) is 8.92. The van der Waals surface area contributed by atoms with Gasteiger partial charge in [-0.3, -0.25) is 9.35 Å². The summed E-state index contributed by atoms with van der Waals surface area (Å²) < 4.78 is 22.9. The van der Waals surface area contributed by atoms with Gasteiger partial charge >= 0.3 is 44.6 Å². The minimum absolute atomic E-state index is 0. The number of hydrogen-bond acceptors (Lipinski definition) is 5. The number of rotatable bonds is 3. The van der Waals surface area contributed by atoms with Gasteiger partial charge in [0, 0.05) is 5.56 Å². The van der Waals surface area contributed by atoms with Gasteiger partial charge in [-0.25, -0.2) is 4.79 Å². The van der Waals surface area contributed by atoms with Crippen LogP contribution in [0, 0.1) is 0 Å². The van der Waals surface area contributed by atoms with Crippen LogP contribution < -0.4 is 0 Å². The van der Waals surface area contributed by atoms with E-state index in [0.29, 0.717) is 0 Å². The Morgan fingerprint density at radius 2 is 1.75 bits per heavy atom. The number of Topliss-reactive ketones (excluding diaryl/α,β-unsaturated/α-hetero) is 1. The molecule has 1 rings (SSSR count). The van der Waals surface area contributed by atoms with E-state index in [2.05, 4.69) is 15.4 Å². The first-order chi connectivity index (χ1) is 6.90. The average Bonchev–Trinajstić information content (AvgIpc) is 2.15. The molecule has 0 aliphatic carbocycles. The summed E-state index contributed by atoms with van der Waals surface area (Å²) >= 11 is 3.92.